The van der Waals surface area contributed by atoms with Crippen molar-refractivity contribution >= 4 is 33.0 Å². The molecular weight excluding hydrogens is 368 g/mol. The Kier molecular flexibility index (Phi) is 4.12. The number of nitrogens with one attached hydrogen (secondary N) is 1. The molecule has 1 aliphatic carbocycles. The van der Waals surface area contributed by atoms with Crippen LogP contribution in [0.5, 0.6) is 0 Å². The first-order valence-electron chi connectivity index (χ1n) is 9.98. The molecule has 1 saturated carbocycles. The van der Waals surface area contributed by atoms with E-state index in [1.165, 1.54) is 26.4 Å². The first kappa shape index (κ1) is 17.6. The lowest BCUT2D eigenvalue weighted by atomic mass is 9.87. The van der Waals surface area contributed by atoms with Gasteiger partial charge in [-0.25, -0.2) is 9.50 Å². The van der Waals surface area contributed by atoms with Gasteiger partial charge >= 0.3 is 0 Å². The van der Waals surface area contributed by atoms with Crippen molar-refractivity contribution in [3.05, 3.63) is 40.7 Å². The van der Waals surface area contributed by atoms with Crippen LogP contribution in [0, 0.1) is 6.92 Å². The molecule has 28 heavy (non-hydrogen) atoms. The molecule has 1 aliphatic rings. The van der Waals surface area contributed by atoms with Gasteiger partial charge in [0.05, 0.1) is 15.9 Å². The summed E-state index contributed by atoms with van der Waals surface area (Å²) < 4.78 is 3.21. The van der Waals surface area contributed by atoms with Gasteiger partial charge in [0.1, 0.15) is 12.1 Å². The lowest BCUT2D eigenvalue weighted by molar-refractivity contribution is -0.120. The minimum atomic E-state index is 0.412. The summed E-state index contributed by atoms with van der Waals surface area (Å²) >= 11 is 1.91. The van der Waals surface area contributed by atoms with E-state index in [-0.39, 0.29) is 0 Å². The molecule has 5 rings (SSSR count). The molecule has 0 saturated heterocycles. The van der Waals surface area contributed by atoms with E-state index in [0.717, 1.165) is 42.5 Å². The largest absolute Gasteiger partial charge is 0.354 e. The number of aromatic amines is 1. The van der Waals surface area contributed by atoms with E-state index in [1.807, 2.05) is 15.9 Å². The standard InChI is InChI=1S/C22H24N4OS/c1-12(2)19-20(15-8-13(3)22-23-11-24-26(22)10-15)25-17-9-18(28-21(17)19)14-4-6-16(27)7-5-14/h8-12,14,25H,4-7H2,1-3H3. The van der Waals surface area contributed by atoms with Crippen LogP contribution in [0.2, 0.25) is 0 Å². The third-order valence-corrected chi connectivity index (χ3v) is 7.23. The number of ketones is 1. The first-order chi connectivity index (χ1) is 13.5. The summed E-state index contributed by atoms with van der Waals surface area (Å²) in [5.41, 5.74) is 6.94. The summed E-state index contributed by atoms with van der Waals surface area (Å²) in [7, 11) is 0. The Morgan fingerprint density at radius 1 is 1.25 bits per heavy atom. The smallest absolute Gasteiger partial charge is 0.158 e. The Labute approximate surface area is 167 Å². The molecule has 4 aromatic heterocycles. The lowest BCUT2D eigenvalue weighted by Crippen LogP contribution is -2.11. The highest BCUT2D eigenvalue weighted by atomic mass is 32.1. The molecule has 144 valence electrons. The van der Waals surface area contributed by atoms with Crippen LogP contribution in [0.4, 0.5) is 0 Å². The van der Waals surface area contributed by atoms with Crippen molar-refractivity contribution in [2.75, 3.05) is 0 Å². The molecule has 4 aromatic rings. The van der Waals surface area contributed by atoms with Crippen LogP contribution in [0.15, 0.2) is 24.7 Å². The maximum atomic E-state index is 11.6. The van der Waals surface area contributed by atoms with Crippen molar-refractivity contribution in [1.82, 2.24) is 19.6 Å². The molecule has 0 spiro atoms. The van der Waals surface area contributed by atoms with Gasteiger partial charge in [-0.2, -0.15) is 5.10 Å². The monoisotopic (exact) mass is 392 g/mol. The van der Waals surface area contributed by atoms with Crippen molar-refractivity contribution in [3.8, 4) is 11.3 Å². The predicted molar refractivity (Wildman–Crippen MR) is 113 cm³/mol. The first-order valence-corrected chi connectivity index (χ1v) is 10.8. The van der Waals surface area contributed by atoms with Crippen molar-refractivity contribution in [2.45, 2.75) is 58.3 Å². The van der Waals surface area contributed by atoms with Gasteiger partial charge in [0.2, 0.25) is 0 Å². The van der Waals surface area contributed by atoms with Gasteiger partial charge in [-0.3, -0.25) is 4.79 Å². The molecule has 0 amide bonds. The molecule has 4 heterocycles. The maximum absolute atomic E-state index is 11.6. The van der Waals surface area contributed by atoms with E-state index in [4.69, 9.17) is 0 Å². The summed E-state index contributed by atoms with van der Waals surface area (Å²) in [4.78, 5) is 21.0. The molecule has 0 atom stereocenters. The summed E-state index contributed by atoms with van der Waals surface area (Å²) in [6.07, 6.45) is 7.11. The Hall–Kier alpha value is -2.47. The molecule has 1 N–H and O–H groups in total. The number of carbonyl (C=O) groups excluding carboxylic acids is 1. The van der Waals surface area contributed by atoms with Gasteiger partial charge in [0.25, 0.3) is 0 Å². The van der Waals surface area contributed by atoms with Crippen LogP contribution >= 0.6 is 11.3 Å². The Morgan fingerprint density at radius 3 is 2.79 bits per heavy atom. The number of hydrogen-bond acceptors (Lipinski definition) is 4. The van der Waals surface area contributed by atoms with Crippen LogP contribution in [0.3, 0.4) is 0 Å². The van der Waals surface area contributed by atoms with Crippen LogP contribution < -0.4 is 0 Å². The minimum absolute atomic E-state index is 0.412. The SMILES string of the molecule is Cc1cc(-c2[nH]c3cc(C4CCC(=O)CC4)sc3c2C(C)C)cn2ncnc12. The fourth-order valence-corrected chi connectivity index (χ4v) is 5.94. The van der Waals surface area contributed by atoms with E-state index in [0.29, 0.717) is 17.6 Å². The second-order valence-corrected chi connectivity index (χ2v) is 9.30. The lowest BCUT2D eigenvalue weighted by Gasteiger charge is -2.19. The minimum Gasteiger partial charge on any atom is -0.354 e. The average molecular weight is 393 g/mol. The van der Waals surface area contributed by atoms with Crippen LogP contribution in [-0.4, -0.2) is 25.4 Å². The predicted octanol–water partition coefficient (Wildman–Crippen LogP) is 5.60. The van der Waals surface area contributed by atoms with Crippen molar-refractivity contribution in [3.63, 3.8) is 0 Å². The van der Waals surface area contributed by atoms with Gasteiger partial charge in [-0.1, -0.05) is 13.8 Å². The van der Waals surface area contributed by atoms with Crippen LogP contribution in [0.25, 0.3) is 27.1 Å². The van der Waals surface area contributed by atoms with Crippen molar-refractivity contribution < 1.29 is 4.79 Å². The molecule has 0 aromatic carbocycles. The molecular formula is C22H24N4OS. The molecule has 6 heteroatoms. The molecule has 0 bridgehead atoms. The number of aromatic nitrogens is 4. The summed E-state index contributed by atoms with van der Waals surface area (Å²) in [6.45, 7) is 6.59. The number of nitrogens with zero attached hydrogens (tertiary/aromatic N) is 3. The Morgan fingerprint density at radius 2 is 2.04 bits per heavy atom. The number of carbonyl (C=O) groups is 1. The van der Waals surface area contributed by atoms with E-state index >= 15 is 0 Å². The van der Waals surface area contributed by atoms with Gasteiger partial charge in [-0.05, 0) is 54.9 Å². The van der Waals surface area contributed by atoms with Gasteiger partial charge in [0.15, 0.2) is 5.65 Å². The second-order valence-electron chi connectivity index (χ2n) is 8.21. The zero-order chi connectivity index (χ0) is 19.4. The molecule has 0 aliphatic heterocycles. The Bertz CT molecular complexity index is 1190. The number of hydrogen-bond donors (Lipinski definition) is 1. The van der Waals surface area contributed by atoms with Gasteiger partial charge < -0.3 is 4.98 Å². The highest BCUT2D eigenvalue weighted by Gasteiger charge is 2.25. The zero-order valence-electron chi connectivity index (χ0n) is 16.5. The summed E-state index contributed by atoms with van der Waals surface area (Å²) in [5, 5.41) is 4.33. The number of Topliss-reactive ketones (excluding diaryl/α,β-unsaturated/α-hetero) is 1. The van der Waals surface area contributed by atoms with Crippen LogP contribution in [0.1, 0.15) is 67.4 Å². The third-order valence-electron chi connectivity index (χ3n) is 5.90. The quantitative estimate of drug-likeness (QED) is 0.494. The third kappa shape index (κ3) is 2.78. The number of aryl methyl sites for hydroxylation is 1. The van der Waals surface area contributed by atoms with E-state index in [1.54, 1.807) is 6.33 Å². The molecule has 0 radical (unpaired) electrons. The fraction of sp³-hybridized carbons (Fsp3) is 0.409. The molecule has 5 nitrogen and oxygen atoms in total. The summed E-state index contributed by atoms with van der Waals surface area (Å²) in [5.74, 6) is 1.36. The highest BCUT2D eigenvalue weighted by molar-refractivity contribution is 7.19. The van der Waals surface area contributed by atoms with E-state index in [2.05, 4.69) is 54.2 Å². The van der Waals surface area contributed by atoms with Crippen LogP contribution in [-0.2, 0) is 4.79 Å². The molecule has 1 fully saturated rings. The average Bonchev–Trinajstić information content (AvgIpc) is 3.35. The van der Waals surface area contributed by atoms with Gasteiger partial charge in [-0.15, -0.1) is 11.3 Å². The molecule has 0 unspecified atom stereocenters. The Balaban J connectivity index is 1.62. The van der Waals surface area contributed by atoms with Gasteiger partial charge in [0, 0.05) is 29.5 Å². The van der Waals surface area contributed by atoms with Crippen molar-refractivity contribution in [2.24, 2.45) is 0 Å². The van der Waals surface area contributed by atoms with Crippen molar-refractivity contribution in [1.29, 1.82) is 0 Å². The second kappa shape index (κ2) is 6.55. The zero-order valence-corrected chi connectivity index (χ0v) is 17.3. The highest BCUT2D eigenvalue weighted by Crippen LogP contribution is 2.44. The summed E-state index contributed by atoms with van der Waals surface area (Å²) in [6, 6.07) is 4.51. The fourth-order valence-electron chi connectivity index (χ4n) is 4.45. The maximum Gasteiger partial charge on any atom is 0.158 e. The number of thiophene rings is 1. The number of rotatable bonds is 3. The number of H-pyrrole nitrogens is 1. The normalized spacial score (nSPS) is 16.1. The topological polar surface area (TPSA) is 63.0 Å². The number of pyridine rings is 1. The number of fused-ring (bicyclic) bond motifs is 2. The van der Waals surface area contributed by atoms with E-state index < -0.39 is 0 Å². The van der Waals surface area contributed by atoms with E-state index in [9.17, 15) is 4.79 Å².